The van der Waals surface area contributed by atoms with Crippen molar-refractivity contribution in [3.8, 4) is 0 Å². The Morgan fingerprint density at radius 3 is 2.04 bits per heavy atom. The van der Waals surface area contributed by atoms with Gasteiger partial charge in [0.25, 0.3) is 0 Å². The van der Waals surface area contributed by atoms with Gasteiger partial charge in [0.1, 0.15) is 6.10 Å². The molecule has 2 bridgehead atoms. The highest BCUT2D eigenvalue weighted by molar-refractivity contribution is 6.22. The van der Waals surface area contributed by atoms with Crippen LogP contribution in [0, 0.1) is 23.7 Å². The van der Waals surface area contributed by atoms with E-state index in [0.717, 1.165) is 44.9 Å². The molecule has 27 heavy (non-hydrogen) atoms. The van der Waals surface area contributed by atoms with Gasteiger partial charge < -0.3 is 4.74 Å². The lowest BCUT2D eigenvalue weighted by atomic mass is 9.81. The van der Waals surface area contributed by atoms with Crippen LogP contribution in [0.4, 0.5) is 5.69 Å². The molecule has 0 unspecified atom stereocenters. The zero-order chi connectivity index (χ0) is 18.5. The summed E-state index contributed by atoms with van der Waals surface area (Å²) in [4.78, 5) is 39.5. The van der Waals surface area contributed by atoms with E-state index >= 15 is 0 Å². The summed E-state index contributed by atoms with van der Waals surface area (Å²) in [7, 11) is 0. The fourth-order valence-corrected chi connectivity index (χ4v) is 5.81. The molecule has 2 amide bonds. The van der Waals surface area contributed by atoms with Crippen LogP contribution in [-0.2, 0) is 14.3 Å². The van der Waals surface area contributed by atoms with E-state index in [1.165, 1.54) is 11.3 Å². The minimum atomic E-state index is -0.317. The van der Waals surface area contributed by atoms with Crippen LogP contribution < -0.4 is 4.90 Å². The summed E-state index contributed by atoms with van der Waals surface area (Å²) in [6.45, 7) is 0. The lowest BCUT2D eigenvalue weighted by molar-refractivity contribution is -0.123. The number of hydrogen-bond acceptors (Lipinski definition) is 4. The first-order valence-electron chi connectivity index (χ1n) is 10.3. The van der Waals surface area contributed by atoms with Gasteiger partial charge >= 0.3 is 5.97 Å². The van der Waals surface area contributed by atoms with E-state index in [0.29, 0.717) is 23.1 Å². The second kappa shape index (κ2) is 6.47. The number of esters is 1. The van der Waals surface area contributed by atoms with E-state index in [1.807, 2.05) is 0 Å². The van der Waals surface area contributed by atoms with E-state index in [1.54, 1.807) is 24.3 Å². The summed E-state index contributed by atoms with van der Waals surface area (Å²) in [5, 5.41) is 0. The minimum Gasteiger partial charge on any atom is -0.459 e. The van der Waals surface area contributed by atoms with Gasteiger partial charge in [-0.15, -0.1) is 0 Å². The number of ether oxygens (including phenoxy) is 1. The molecule has 142 valence electrons. The van der Waals surface area contributed by atoms with Gasteiger partial charge in [-0.3, -0.25) is 14.5 Å². The normalized spacial score (nSPS) is 32.8. The summed E-state index contributed by atoms with van der Waals surface area (Å²) < 4.78 is 5.60. The molecule has 0 aromatic heterocycles. The number of fused-ring (bicyclic) bond motifs is 5. The molecule has 4 aliphatic rings. The standard InChI is InChI=1S/C22H25NO4/c24-20-18-14-6-7-15(12-14)19(18)21(25)23(20)16-10-8-13(9-11-16)22(26)27-17-4-2-1-3-5-17/h8-11,14-15,17-19H,1-7,12H2/t14-,15-,18-,19-/m0/s1. The van der Waals surface area contributed by atoms with Crippen LogP contribution in [0.5, 0.6) is 0 Å². The van der Waals surface area contributed by atoms with Gasteiger partial charge in [-0.2, -0.15) is 0 Å². The average molecular weight is 367 g/mol. The Morgan fingerprint density at radius 1 is 0.852 bits per heavy atom. The van der Waals surface area contributed by atoms with Crippen LogP contribution in [0.15, 0.2) is 24.3 Å². The summed E-state index contributed by atoms with van der Waals surface area (Å²) in [5.74, 6) is 0.115. The molecule has 3 saturated carbocycles. The number of hydrogen-bond donors (Lipinski definition) is 0. The summed E-state index contributed by atoms with van der Waals surface area (Å²) in [6, 6.07) is 6.75. The van der Waals surface area contributed by atoms with Crippen molar-refractivity contribution >= 4 is 23.5 Å². The number of rotatable bonds is 3. The molecule has 5 heteroatoms. The van der Waals surface area contributed by atoms with Crippen molar-refractivity contribution in [3.05, 3.63) is 29.8 Å². The molecular weight excluding hydrogens is 342 g/mol. The first-order chi connectivity index (χ1) is 13.1. The second-order valence-electron chi connectivity index (χ2n) is 8.61. The molecular formula is C22H25NO4. The molecule has 5 nitrogen and oxygen atoms in total. The predicted octanol–water partition coefficient (Wildman–Crippen LogP) is 3.71. The van der Waals surface area contributed by atoms with Gasteiger partial charge in [-0.05, 0) is 81.0 Å². The number of amides is 2. The van der Waals surface area contributed by atoms with Crippen molar-refractivity contribution in [1.82, 2.24) is 0 Å². The third kappa shape index (κ3) is 2.70. The summed E-state index contributed by atoms with van der Waals surface area (Å²) >= 11 is 0. The molecule has 1 aliphatic heterocycles. The quantitative estimate of drug-likeness (QED) is 0.603. The fourth-order valence-electron chi connectivity index (χ4n) is 5.81. The van der Waals surface area contributed by atoms with Crippen LogP contribution >= 0.6 is 0 Å². The van der Waals surface area contributed by atoms with Gasteiger partial charge in [-0.25, -0.2) is 4.79 Å². The topological polar surface area (TPSA) is 63.7 Å². The first-order valence-corrected chi connectivity index (χ1v) is 10.3. The third-order valence-electron chi connectivity index (χ3n) is 7.11. The molecule has 4 atom stereocenters. The largest absolute Gasteiger partial charge is 0.459 e. The van der Waals surface area contributed by atoms with Crippen LogP contribution in [0.3, 0.4) is 0 Å². The molecule has 5 rings (SSSR count). The van der Waals surface area contributed by atoms with Crippen LogP contribution in [-0.4, -0.2) is 23.9 Å². The maximum atomic E-state index is 12.9. The second-order valence-corrected chi connectivity index (χ2v) is 8.61. The Kier molecular flexibility index (Phi) is 4.06. The van der Waals surface area contributed by atoms with Crippen molar-refractivity contribution in [2.45, 2.75) is 57.5 Å². The number of imide groups is 1. The third-order valence-corrected chi connectivity index (χ3v) is 7.11. The average Bonchev–Trinajstić information content (AvgIpc) is 3.37. The molecule has 1 saturated heterocycles. The Hall–Kier alpha value is -2.17. The van der Waals surface area contributed by atoms with Gasteiger partial charge in [0.05, 0.1) is 23.1 Å². The molecule has 0 radical (unpaired) electrons. The van der Waals surface area contributed by atoms with Gasteiger partial charge in [-0.1, -0.05) is 6.42 Å². The monoisotopic (exact) mass is 367 g/mol. The van der Waals surface area contributed by atoms with Crippen molar-refractivity contribution in [1.29, 1.82) is 0 Å². The maximum absolute atomic E-state index is 12.9. The molecule has 1 aromatic carbocycles. The predicted molar refractivity (Wildman–Crippen MR) is 99.0 cm³/mol. The minimum absolute atomic E-state index is 0.0162. The molecule has 1 heterocycles. The number of benzene rings is 1. The van der Waals surface area contributed by atoms with E-state index in [4.69, 9.17) is 4.74 Å². The lowest BCUT2D eigenvalue weighted by Gasteiger charge is -2.22. The van der Waals surface area contributed by atoms with Crippen LogP contribution in [0.25, 0.3) is 0 Å². The number of carbonyl (C=O) groups excluding carboxylic acids is 3. The number of nitrogens with zero attached hydrogens (tertiary/aromatic N) is 1. The Morgan fingerprint density at radius 2 is 1.44 bits per heavy atom. The molecule has 1 aromatic rings. The highest BCUT2D eigenvalue weighted by atomic mass is 16.5. The van der Waals surface area contributed by atoms with Crippen LogP contribution in [0.1, 0.15) is 61.7 Å². The van der Waals surface area contributed by atoms with Crippen molar-refractivity contribution in [2.24, 2.45) is 23.7 Å². The lowest BCUT2D eigenvalue weighted by Crippen LogP contribution is -2.32. The first kappa shape index (κ1) is 17.0. The molecule has 4 fully saturated rings. The zero-order valence-corrected chi connectivity index (χ0v) is 15.4. The molecule has 0 N–H and O–H groups in total. The SMILES string of the molecule is O=C(OC1CCCCC1)c1ccc(N2C(=O)[C@H]3[C@H]4CC[C@@H](C4)[C@@H]3C2=O)cc1. The van der Waals surface area contributed by atoms with Crippen molar-refractivity contribution < 1.29 is 19.1 Å². The van der Waals surface area contributed by atoms with Crippen LogP contribution in [0.2, 0.25) is 0 Å². The number of anilines is 1. The van der Waals surface area contributed by atoms with Gasteiger partial charge in [0.2, 0.25) is 11.8 Å². The smallest absolute Gasteiger partial charge is 0.338 e. The molecule has 0 spiro atoms. The Balaban J connectivity index is 1.31. The summed E-state index contributed by atoms with van der Waals surface area (Å²) in [6.07, 6.45) is 8.51. The number of carbonyl (C=O) groups is 3. The zero-order valence-electron chi connectivity index (χ0n) is 15.4. The van der Waals surface area contributed by atoms with E-state index in [9.17, 15) is 14.4 Å². The summed E-state index contributed by atoms with van der Waals surface area (Å²) in [5.41, 5.74) is 1.05. The Bertz CT molecular complexity index is 752. The highest BCUT2D eigenvalue weighted by Gasteiger charge is 2.61. The van der Waals surface area contributed by atoms with E-state index in [2.05, 4.69) is 0 Å². The maximum Gasteiger partial charge on any atom is 0.338 e. The van der Waals surface area contributed by atoms with Gasteiger partial charge in [0.15, 0.2) is 0 Å². The van der Waals surface area contributed by atoms with E-state index in [-0.39, 0.29) is 35.7 Å². The fraction of sp³-hybridized carbons (Fsp3) is 0.591. The highest BCUT2D eigenvalue weighted by Crippen LogP contribution is 2.56. The van der Waals surface area contributed by atoms with Crippen molar-refractivity contribution in [2.75, 3.05) is 4.90 Å². The van der Waals surface area contributed by atoms with E-state index < -0.39 is 0 Å². The van der Waals surface area contributed by atoms with Crippen molar-refractivity contribution in [3.63, 3.8) is 0 Å². The van der Waals surface area contributed by atoms with Gasteiger partial charge in [0, 0.05) is 0 Å². The molecule has 3 aliphatic carbocycles. The Labute approximate surface area is 159 Å².